The number of hydrogen-bond donors (Lipinski definition) is 0. The van der Waals surface area contributed by atoms with E-state index in [0.717, 1.165) is 19.3 Å². The summed E-state index contributed by atoms with van der Waals surface area (Å²) in [4.78, 5) is 0. The highest BCUT2D eigenvalue weighted by Crippen LogP contribution is 2.08. The number of halogens is 1. The molecule has 0 bridgehead atoms. The van der Waals surface area contributed by atoms with Crippen molar-refractivity contribution >= 4 is 11.6 Å². The Kier molecular flexibility index (Phi) is 3.60. The SMILES string of the molecule is CC(Cl)CCCc1cnn(C)c1. The largest absolute Gasteiger partial charge is 0.276 e. The molecule has 0 fully saturated rings. The maximum Gasteiger partial charge on any atom is 0.0521 e. The molecule has 0 aromatic carbocycles. The first-order valence-electron chi connectivity index (χ1n) is 4.30. The molecule has 12 heavy (non-hydrogen) atoms. The van der Waals surface area contributed by atoms with Crippen LogP contribution in [0.4, 0.5) is 0 Å². The van der Waals surface area contributed by atoms with Crippen molar-refractivity contribution in [3.8, 4) is 0 Å². The summed E-state index contributed by atoms with van der Waals surface area (Å²) in [6.45, 7) is 2.03. The molecule has 0 N–H and O–H groups in total. The van der Waals surface area contributed by atoms with E-state index in [-0.39, 0.29) is 0 Å². The Balaban J connectivity index is 2.24. The fourth-order valence-corrected chi connectivity index (χ4v) is 1.34. The Morgan fingerprint density at radius 1 is 1.67 bits per heavy atom. The molecule has 0 saturated heterocycles. The van der Waals surface area contributed by atoms with Crippen molar-refractivity contribution in [2.45, 2.75) is 31.6 Å². The highest BCUT2D eigenvalue weighted by Gasteiger charge is 1.98. The van der Waals surface area contributed by atoms with Crippen LogP contribution in [0.25, 0.3) is 0 Å². The standard InChI is InChI=1S/C9H15ClN2/c1-8(10)4-3-5-9-6-11-12(2)7-9/h6-8H,3-5H2,1-2H3. The summed E-state index contributed by atoms with van der Waals surface area (Å²) < 4.78 is 1.83. The van der Waals surface area contributed by atoms with Crippen LogP contribution < -0.4 is 0 Å². The van der Waals surface area contributed by atoms with Crippen molar-refractivity contribution in [3.05, 3.63) is 18.0 Å². The summed E-state index contributed by atoms with van der Waals surface area (Å²) >= 11 is 5.83. The summed E-state index contributed by atoms with van der Waals surface area (Å²) in [6, 6.07) is 0. The Morgan fingerprint density at radius 2 is 2.42 bits per heavy atom. The lowest BCUT2D eigenvalue weighted by Gasteiger charge is -1.99. The van der Waals surface area contributed by atoms with Crippen molar-refractivity contribution < 1.29 is 0 Å². The van der Waals surface area contributed by atoms with Gasteiger partial charge >= 0.3 is 0 Å². The van der Waals surface area contributed by atoms with Crippen molar-refractivity contribution in [1.82, 2.24) is 9.78 Å². The van der Waals surface area contributed by atoms with Crippen LogP contribution in [0.5, 0.6) is 0 Å². The van der Waals surface area contributed by atoms with Crippen LogP contribution in [0.2, 0.25) is 0 Å². The van der Waals surface area contributed by atoms with Crippen molar-refractivity contribution in [1.29, 1.82) is 0 Å². The zero-order chi connectivity index (χ0) is 8.97. The van der Waals surface area contributed by atoms with Gasteiger partial charge in [0.25, 0.3) is 0 Å². The molecule has 68 valence electrons. The molecule has 1 aromatic rings. The summed E-state index contributed by atoms with van der Waals surface area (Å²) in [6.07, 6.45) is 7.29. The predicted molar refractivity (Wildman–Crippen MR) is 51.5 cm³/mol. The summed E-state index contributed by atoms with van der Waals surface area (Å²) in [5.41, 5.74) is 1.30. The molecule has 1 rings (SSSR count). The van der Waals surface area contributed by atoms with E-state index in [0.29, 0.717) is 5.38 Å². The van der Waals surface area contributed by atoms with Crippen molar-refractivity contribution in [3.63, 3.8) is 0 Å². The number of aromatic nitrogens is 2. The first kappa shape index (κ1) is 9.59. The molecule has 0 aliphatic rings. The maximum atomic E-state index is 5.83. The fraction of sp³-hybridized carbons (Fsp3) is 0.667. The van der Waals surface area contributed by atoms with Crippen LogP contribution in [0.15, 0.2) is 12.4 Å². The topological polar surface area (TPSA) is 17.8 Å². The van der Waals surface area contributed by atoms with Gasteiger partial charge in [-0.05, 0) is 31.7 Å². The first-order valence-corrected chi connectivity index (χ1v) is 4.73. The second-order valence-electron chi connectivity index (χ2n) is 3.20. The smallest absolute Gasteiger partial charge is 0.0521 e. The Bertz CT molecular complexity index is 230. The van der Waals surface area contributed by atoms with Crippen LogP contribution in [0.3, 0.4) is 0 Å². The van der Waals surface area contributed by atoms with Crippen LogP contribution >= 0.6 is 11.6 Å². The first-order chi connectivity index (χ1) is 5.68. The number of aryl methyl sites for hydroxylation is 2. The van der Waals surface area contributed by atoms with Crippen LogP contribution in [0.1, 0.15) is 25.3 Å². The molecule has 0 aliphatic carbocycles. The second kappa shape index (κ2) is 4.51. The van der Waals surface area contributed by atoms with E-state index in [9.17, 15) is 0 Å². The minimum absolute atomic E-state index is 0.293. The third-order valence-electron chi connectivity index (χ3n) is 1.83. The fourth-order valence-electron chi connectivity index (χ4n) is 1.19. The van der Waals surface area contributed by atoms with Gasteiger partial charge in [-0.3, -0.25) is 4.68 Å². The maximum absolute atomic E-state index is 5.83. The highest BCUT2D eigenvalue weighted by molar-refractivity contribution is 6.20. The average Bonchev–Trinajstić information content (AvgIpc) is 2.35. The van der Waals surface area contributed by atoms with Crippen molar-refractivity contribution in [2.75, 3.05) is 0 Å². The molecule has 0 spiro atoms. The van der Waals surface area contributed by atoms with E-state index in [1.807, 2.05) is 24.9 Å². The summed E-state index contributed by atoms with van der Waals surface area (Å²) in [7, 11) is 1.94. The number of nitrogens with zero attached hydrogens (tertiary/aromatic N) is 2. The molecule has 3 heteroatoms. The zero-order valence-corrected chi connectivity index (χ0v) is 8.38. The molecular weight excluding hydrogens is 172 g/mol. The number of hydrogen-bond acceptors (Lipinski definition) is 1. The van der Waals surface area contributed by atoms with Gasteiger partial charge in [0.15, 0.2) is 0 Å². The van der Waals surface area contributed by atoms with Crippen LogP contribution in [-0.2, 0) is 13.5 Å². The average molecular weight is 187 g/mol. The minimum atomic E-state index is 0.293. The van der Waals surface area contributed by atoms with E-state index in [1.54, 1.807) is 0 Å². The van der Waals surface area contributed by atoms with E-state index in [4.69, 9.17) is 11.6 Å². The van der Waals surface area contributed by atoms with Gasteiger partial charge in [-0.15, -0.1) is 11.6 Å². The van der Waals surface area contributed by atoms with Gasteiger partial charge in [0.2, 0.25) is 0 Å². The summed E-state index contributed by atoms with van der Waals surface area (Å²) in [5.74, 6) is 0. The van der Waals surface area contributed by atoms with Gasteiger partial charge in [-0.2, -0.15) is 5.10 Å². The van der Waals surface area contributed by atoms with Gasteiger partial charge in [0.1, 0.15) is 0 Å². The van der Waals surface area contributed by atoms with Gasteiger partial charge in [0, 0.05) is 18.6 Å². The van der Waals surface area contributed by atoms with Crippen LogP contribution in [0, 0.1) is 0 Å². The number of alkyl halides is 1. The molecule has 2 nitrogen and oxygen atoms in total. The molecular formula is C9H15ClN2. The highest BCUT2D eigenvalue weighted by atomic mass is 35.5. The molecule has 1 unspecified atom stereocenters. The van der Waals surface area contributed by atoms with Crippen LogP contribution in [-0.4, -0.2) is 15.2 Å². The van der Waals surface area contributed by atoms with Gasteiger partial charge in [0.05, 0.1) is 6.20 Å². The summed E-state index contributed by atoms with van der Waals surface area (Å²) in [5, 5.41) is 4.39. The predicted octanol–water partition coefficient (Wildman–Crippen LogP) is 2.37. The van der Waals surface area contributed by atoms with Gasteiger partial charge < -0.3 is 0 Å². The lowest BCUT2D eigenvalue weighted by Crippen LogP contribution is -1.92. The minimum Gasteiger partial charge on any atom is -0.276 e. The molecule has 1 heterocycles. The second-order valence-corrected chi connectivity index (χ2v) is 3.94. The number of rotatable bonds is 4. The molecule has 0 aliphatic heterocycles. The zero-order valence-electron chi connectivity index (χ0n) is 7.63. The monoisotopic (exact) mass is 186 g/mol. The van der Waals surface area contributed by atoms with E-state index < -0.39 is 0 Å². The normalized spacial score (nSPS) is 13.2. The van der Waals surface area contributed by atoms with Crippen molar-refractivity contribution in [2.24, 2.45) is 7.05 Å². The van der Waals surface area contributed by atoms with Gasteiger partial charge in [-0.1, -0.05) is 0 Å². The molecule has 1 atom stereocenters. The Hall–Kier alpha value is -0.500. The Morgan fingerprint density at radius 3 is 2.92 bits per heavy atom. The van der Waals surface area contributed by atoms with E-state index in [2.05, 4.69) is 11.3 Å². The Labute approximate surface area is 78.5 Å². The third kappa shape index (κ3) is 3.26. The van der Waals surface area contributed by atoms with E-state index in [1.165, 1.54) is 5.56 Å². The molecule has 0 amide bonds. The molecule has 0 saturated carbocycles. The van der Waals surface area contributed by atoms with E-state index >= 15 is 0 Å². The molecule has 0 radical (unpaired) electrons. The third-order valence-corrected chi connectivity index (χ3v) is 2.04. The quantitative estimate of drug-likeness (QED) is 0.661. The molecule has 1 aromatic heterocycles. The lowest BCUT2D eigenvalue weighted by molar-refractivity contribution is 0.722. The van der Waals surface area contributed by atoms with Gasteiger partial charge in [-0.25, -0.2) is 0 Å². The lowest BCUT2D eigenvalue weighted by atomic mass is 10.1.